The topological polar surface area (TPSA) is 110 Å². The van der Waals surface area contributed by atoms with Gasteiger partial charge in [-0.25, -0.2) is 9.59 Å². The Labute approximate surface area is 100 Å². The van der Waals surface area contributed by atoms with E-state index in [1.807, 2.05) is 0 Å². The van der Waals surface area contributed by atoms with E-state index in [9.17, 15) is 14.7 Å². The molecule has 0 aromatic rings. The minimum atomic E-state index is -1.33. The van der Waals surface area contributed by atoms with Crippen LogP contribution in [0.2, 0.25) is 0 Å². The smallest absolute Gasteiger partial charge is 0.328 e. The van der Waals surface area contributed by atoms with Crippen LogP contribution in [0.4, 0.5) is 4.79 Å². The van der Waals surface area contributed by atoms with E-state index in [-0.39, 0.29) is 6.61 Å². The summed E-state index contributed by atoms with van der Waals surface area (Å²) in [6, 6.07) is -1.89. The molecule has 7 nitrogen and oxygen atoms in total. The van der Waals surface area contributed by atoms with Gasteiger partial charge in [0.25, 0.3) is 0 Å². The maximum absolute atomic E-state index is 11.7. The molecule has 0 rings (SSSR count). The van der Waals surface area contributed by atoms with Gasteiger partial charge in [-0.2, -0.15) is 0 Å². The maximum atomic E-state index is 11.7. The lowest BCUT2D eigenvalue weighted by atomic mass is 10.2. The molecule has 0 aromatic carbocycles. The van der Waals surface area contributed by atoms with E-state index in [0.717, 1.165) is 0 Å². The van der Waals surface area contributed by atoms with Gasteiger partial charge in [-0.15, -0.1) is 0 Å². The lowest BCUT2D eigenvalue weighted by Gasteiger charge is -2.24. The summed E-state index contributed by atoms with van der Waals surface area (Å²) in [5, 5.41) is 28.9. The maximum Gasteiger partial charge on any atom is 0.328 e. The van der Waals surface area contributed by atoms with Crippen LogP contribution < -0.4 is 5.32 Å². The average Bonchev–Trinajstić information content (AvgIpc) is 2.26. The van der Waals surface area contributed by atoms with Crippen LogP contribution in [-0.2, 0) is 4.79 Å². The summed E-state index contributed by atoms with van der Waals surface area (Å²) in [5.74, 6) is -1.29. The normalized spacial score (nSPS) is 13.9. The van der Waals surface area contributed by atoms with Crippen LogP contribution in [-0.4, -0.2) is 64.1 Å². The quantitative estimate of drug-likeness (QED) is 0.473. The molecule has 17 heavy (non-hydrogen) atoms. The molecule has 0 bridgehead atoms. The van der Waals surface area contributed by atoms with Crippen LogP contribution in [0, 0.1) is 0 Å². The summed E-state index contributed by atoms with van der Waals surface area (Å²) in [6.45, 7) is 3.74. The summed E-state index contributed by atoms with van der Waals surface area (Å²) in [6.07, 6.45) is -0.749. The summed E-state index contributed by atoms with van der Waals surface area (Å²) < 4.78 is 0. The molecule has 2 unspecified atom stereocenters. The van der Waals surface area contributed by atoms with Crippen LogP contribution >= 0.6 is 0 Å². The second-order valence-corrected chi connectivity index (χ2v) is 3.66. The molecule has 0 aliphatic carbocycles. The van der Waals surface area contributed by atoms with Crippen molar-refractivity contribution in [1.82, 2.24) is 10.2 Å². The summed E-state index contributed by atoms with van der Waals surface area (Å²) >= 11 is 0. The molecule has 2 amide bonds. The van der Waals surface area contributed by atoms with E-state index in [2.05, 4.69) is 5.32 Å². The van der Waals surface area contributed by atoms with E-state index < -0.39 is 24.1 Å². The minimum Gasteiger partial charge on any atom is -0.480 e. The van der Waals surface area contributed by atoms with E-state index in [1.54, 1.807) is 6.92 Å². The van der Waals surface area contributed by atoms with Gasteiger partial charge < -0.3 is 25.5 Å². The second-order valence-electron chi connectivity index (χ2n) is 3.66. The fraction of sp³-hybridized carbons (Fsp3) is 0.800. The zero-order valence-electron chi connectivity index (χ0n) is 10.1. The second kappa shape index (κ2) is 7.86. The number of hydrogen-bond acceptors (Lipinski definition) is 4. The van der Waals surface area contributed by atoms with Crippen LogP contribution in [0.15, 0.2) is 0 Å². The molecule has 0 saturated carbocycles. The number of aliphatic hydroxyl groups excluding tert-OH is 2. The van der Waals surface area contributed by atoms with Crippen molar-refractivity contribution in [1.29, 1.82) is 0 Å². The number of urea groups is 1. The highest BCUT2D eigenvalue weighted by Gasteiger charge is 2.26. The van der Waals surface area contributed by atoms with Gasteiger partial charge in [-0.05, 0) is 20.3 Å². The number of nitrogens with zero attached hydrogens (tertiary/aromatic N) is 1. The van der Waals surface area contributed by atoms with E-state index in [0.29, 0.717) is 19.5 Å². The Morgan fingerprint density at radius 1 is 1.41 bits per heavy atom. The monoisotopic (exact) mass is 248 g/mol. The molecule has 100 valence electrons. The average molecular weight is 248 g/mol. The third-order valence-corrected chi connectivity index (χ3v) is 2.28. The van der Waals surface area contributed by atoms with Crippen molar-refractivity contribution >= 4 is 12.0 Å². The van der Waals surface area contributed by atoms with Crippen LogP contribution in [0.25, 0.3) is 0 Å². The van der Waals surface area contributed by atoms with Crippen molar-refractivity contribution < 1.29 is 24.9 Å². The number of carboxylic acids is 1. The van der Waals surface area contributed by atoms with Gasteiger partial charge in [-0.1, -0.05) is 0 Å². The van der Waals surface area contributed by atoms with E-state index >= 15 is 0 Å². The number of carbonyl (C=O) groups is 2. The number of aliphatic carboxylic acids is 1. The summed E-state index contributed by atoms with van der Waals surface area (Å²) in [4.78, 5) is 23.8. The molecule has 0 saturated heterocycles. The van der Waals surface area contributed by atoms with Crippen molar-refractivity contribution in [3.63, 3.8) is 0 Å². The van der Waals surface area contributed by atoms with Gasteiger partial charge >= 0.3 is 12.0 Å². The van der Waals surface area contributed by atoms with Crippen molar-refractivity contribution in [2.45, 2.75) is 32.4 Å². The number of carbonyl (C=O) groups excluding carboxylic acids is 1. The van der Waals surface area contributed by atoms with Crippen LogP contribution in [0.3, 0.4) is 0 Å². The molecule has 0 fully saturated rings. The number of nitrogens with one attached hydrogen (secondary N) is 1. The van der Waals surface area contributed by atoms with Gasteiger partial charge in [0.2, 0.25) is 0 Å². The third kappa shape index (κ3) is 5.50. The van der Waals surface area contributed by atoms with Gasteiger partial charge in [0.15, 0.2) is 6.04 Å². The fourth-order valence-corrected chi connectivity index (χ4v) is 1.28. The van der Waals surface area contributed by atoms with Crippen molar-refractivity contribution in [3.05, 3.63) is 0 Å². The van der Waals surface area contributed by atoms with Crippen LogP contribution in [0.5, 0.6) is 0 Å². The predicted octanol–water partition coefficient (Wildman–Crippen LogP) is -0.766. The van der Waals surface area contributed by atoms with Crippen molar-refractivity contribution in [3.8, 4) is 0 Å². The Balaban J connectivity index is 4.41. The van der Waals surface area contributed by atoms with Crippen molar-refractivity contribution in [2.75, 3.05) is 19.7 Å². The first kappa shape index (κ1) is 15.7. The minimum absolute atomic E-state index is 0.0391. The highest BCUT2D eigenvalue weighted by molar-refractivity contribution is 5.83. The Morgan fingerprint density at radius 2 is 2.00 bits per heavy atom. The molecule has 0 heterocycles. The molecule has 0 aliphatic rings. The molecular formula is C10H20N2O5. The molecular weight excluding hydrogens is 228 g/mol. The van der Waals surface area contributed by atoms with Crippen LogP contribution in [0.1, 0.15) is 20.3 Å². The zero-order valence-corrected chi connectivity index (χ0v) is 10.1. The summed E-state index contributed by atoms with van der Waals surface area (Å²) in [5.41, 5.74) is 0. The molecule has 7 heteroatoms. The van der Waals surface area contributed by atoms with Gasteiger partial charge in [0, 0.05) is 19.7 Å². The number of amides is 2. The van der Waals surface area contributed by atoms with E-state index in [4.69, 9.17) is 10.2 Å². The number of hydrogen-bond donors (Lipinski definition) is 4. The zero-order chi connectivity index (χ0) is 13.4. The molecule has 2 atom stereocenters. The Kier molecular flexibility index (Phi) is 7.24. The van der Waals surface area contributed by atoms with Gasteiger partial charge in [-0.3, -0.25) is 0 Å². The highest BCUT2D eigenvalue weighted by atomic mass is 16.4. The van der Waals surface area contributed by atoms with Gasteiger partial charge in [0.05, 0.1) is 6.10 Å². The molecule has 0 aliphatic heterocycles. The highest BCUT2D eigenvalue weighted by Crippen LogP contribution is 1.98. The largest absolute Gasteiger partial charge is 0.480 e. The lowest BCUT2D eigenvalue weighted by molar-refractivity contribution is -0.141. The SMILES string of the molecule is CCN(CCCO)C(=O)NC(C(=O)O)C(C)O. The summed E-state index contributed by atoms with van der Waals surface area (Å²) in [7, 11) is 0. The Morgan fingerprint density at radius 3 is 2.35 bits per heavy atom. The van der Waals surface area contributed by atoms with E-state index in [1.165, 1.54) is 11.8 Å². The Bertz CT molecular complexity index is 257. The molecule has 0 spiro atoms. The first-order chi connectivity index (χ1) is 7.93. The third-order valence-electron chi connectivity index (χ3n) is 2.28. The van der Waals surface area contributed by atoms with Gasteiger partial charge in [0.1, 0.15) is 0 Å². The van der Waals surface area contributed by atoms with Crippen molar-refractivity contribution in [2.24, 2.45) is 0 Å². The standard InChI is InChI=1S/C10H20N2O5/c1-3-12(5-4-6-13)10(17)11-8(7(2)14)9(15)16/h7-8,13-14H,3-6H2,1-2H3,(H,11,17)(H,15,16). The molecule has 4 N–H and O–H groups in total. The number of aliphatic hydroxyl groups is 2. The number of rotatable bonds is 7. The number of carboxylic acid groups (broad SMARTS) is 1. The first-order valence-corrected chi connectivity index (χ1v) is 5.51. The first-order valence-electron chi connectivity index (χ1n) is 5.51. The molecule has 0 aromatic heterocycles. The molecule has 0 radical (unpaired) electrons. The fourth-order valence-electron chi connectivity index (χ4n) is 1.28. The lowest BCUT2D eigenvalue weighted by Crippen LogP contribution is -2.52. The predicted molar refractivity (Wildman–Crippen MR) is 60.6 cm³/mol. The Hall–Kier alpha value is -1.34.